The van der Waals surface area contributed by atoms with E-state index in [1.54, 1.807) is 23.2 Å². The van der Waals surface area contributed by atoms with Gasteiger partial charge in [-0.15, -0.1) is 0 Å². The van der Waals surface area contributed by atoms with Gasteiger partial charge in [-0.25, -0.2) is 0 Å². The zero-order valence-electron chi connectivity index (χ0n) is 15.9. The molecule has 1 fully saturated rings. The number of hydrogen-bond acceptors (Lipinski definition) is 3. The summed E-state index contributed by atoms with van der Waals surface area (Å²) in [7, 11) is 0. The van der Waals surface area contributed by atoms with Crippen molar-refractivity contribution >= 4 is 17.5 Å². The van der Waals surface area contributed by atoms with Gasteiger partial charge in [-0.1, -0.05) is 24.6 Å². The van der Waals surface area contributed by atoms with Crippen molar-refractivity contribution in [1.82, 2.24) is 9.88 Å². The van der Waals surface area contributed by atoms with Gasteiger partial charge in [0.25, 0.3) is 5.91 Å². The van der Waals surface area contributed by atoms with Crippen molar-refractivity contribution in [2.45, 2.75) is 39.2 Å². The second-order valence-corrected chi connectivity index (χ2v) is 7.75. The third-order valence-electron chi connectivity index (χ3n) is 5.60. The average molecular weight is 363 g/mol. The summed E-state index contributed by atoms with van der Waals surface area (Å²) in [6.07, 6.45) is 4.19. The van der Waals surface area contributed by atoms with Crippen LogP contribution in [0, 0.1) is 12.8 Å². The molecule has 1 aromatic heterocycles. The van der Waals surface area contributed by atoms with Crippen molar-refractivity contribution in [2.24, 2.45) is 5.92 Å². The van der Waals surface area contributed by atoms with Crippen LogP contribution in [-0.2, 0) is 4.79 Å². The van der Waals surface area contributed by atoms with Gasteiger partial charge in [0.2, 0.25) is 5.91 Å². The standard InChI is InChI=1S/C22H25N3O2/c1-15-7-9-17(10-8-15)25-19(21-18(22(25)27)6-3-11-23-21)13-20(26)24-12-4-5-16(2)14-24/h3,6-11,16,19H,4-5,12-14H2,1-2H3/t16-,19-/m0/s1. The predicted molar refractivity (Wildman–Crippen MR) is 105 cm³/mol. The molecule has 0 radical (unpaired) electrons. The number of piperidine rings is 1. The molecule has 0 saturated carbocycles. The fraction of sp³-hybridized carbons (Fsp3) is 0.409. The minimum Gasteiger partial charge on any atom is -0.342 e. The third kappa shape index (κ3) is 3.34. The molecule has 0 aliphatic carbocycles. The molecule has 1 aromatic carbocycles. The molecular weight excluding hydrogens is 338 g/mol. The summed E-state index contributed by atoms with van der Waals surface area (Å²) in [6.45, 7) is 5.82. The number of likely N-dealkylation sites (tertiary alicyclic amines) is 1. The number of aryl methyl sites for hydroxylation is 1. The molecule has 1 saturated heterocycles. The first kappa shape index (κ1) is 17.7. The van der Waals surface area contributed by atoms with Crippen LogP contribution in [-0.4, -0.2) is 34.8 Å². The topological polar surface area (TPSA) is 53.5 Å². The third-order valence-corrected chi connectivity index (χ3v) is 5.60. The van der Waals surface area contributed by atoms with E-state index in [1.165, 1.54) is 6.42 Å². The number of hydrogen-bond donors (Lipinski definition) is 0. The van der Waals surface area contributed by atoms with Gasteiger partial charge in [0, 0.05) is 25.0 Å². The Morgan fingerprint density at radius 2 is 2.00 bits per heavy atom. The number of anilines is 1. The summed E-state index contributed by atoms with van der Waals surface area (Å²) < 4.78 is 0. The summed E-state index contributed by atoms with van der Waals surface area (Å²) in [5.74, 6) is 0.563. The molecule has 4 rings (SSSR count). The molecule has 5 nitrogen and oxygen atoms in total. The highest BCUT2D eigenvalue weighted by atomic mass is 16.2. The van der Waals surface area contributed by atoms with Crippen molar-refractivity contribution in [3.8, 4) is 0 Å². The number of carbonyl (C=O) groups excluding carboxylic acids is 2. The molecule has 5 heteroatoms. The van der Waals surface area contributed by atoms with Crippen LogP contribution in [0.4, 0.5) is 5.69 Å². The Hall–Kier alpha value is -2.69. The van der Waals surface area contributed by atoms with Gasteiger partial charge in [-0.3, -0.25) is 19.5 Å². The van der Waals surface area contributed by atoms with Crippen LogP contribution in [0.3, 0.4) is 0 Å². The molecule has 2 atom stereocenters. The van der Waals surface area contributed by atoms with E-state index in [1.807, 2.05) is 36.1 Å². The van der Waals surface area contributed by atoms with E-state index >= 15 is 0 Å². The van der Waals surface area contributed by atoms with Crippen LogP contribution in [0.5, 0.6) is 0 Å². The summed E-state index contributed by atoms with van der Waals surface area (Å²) in [4.78, 5) is 34.2. The van der Waals surface area contributed by atoms with Gasteiger partial charge in [-0.05, 0) is 49.9 Å². The van der Waals surface area contributed by atoms with Crippen LogP contribution in [0.25, 0.3) is 0 Å². The minimum atomic E-state index is -0.346. The summed E-state index contributed by atoms with van der Waals surface area (Å²) in [5, 5.41) is 0. The van der Waals surface area contributed by atoms with Gasteiger partial charge < -0.3 is 4.90 Å². The lowest BCUT2D eigenvalue weighted by Crippen LogP contribution is -2.41. The van der Waals surface area contributed by atoms with Crippen LogP contribution in [0.2, 0.25) is 0 Å². The van der Waals surface area contributed by atoms with Crippen LogP contribution in [0.15, 0.2) is 42.6 Å². The highest BCUT2D eigenvalue weighted by molar-refractivity contribution is 6.11. The Morgan fingerprint density at radius 1 is 1.22 bits per heavy atom. The first-order valence-electron chi connectivity index (χ1n) is 9.67. The summed E-state index contributed by atoms with van der Waals surface area (Å²) >= 11 is 0. The first-order chi connectivity index (χ1) is 13.0. The maximum absolute atomic E-state index is 13.1. The molecule has 2 aliphatic rings. The Morgan fingerprint density at radius 3 is 2.74 bits per heavy atom. The Bertz CT molecular complexity index is 862. The van der Waals surface area contributed by atoms with Crippen LogP contribution < -0.4 is 4.90 Å². The quantitative estimate of drug-likeness (QED) is 0.835. The smallest absolute Gasteiger partial charge is 0.260 e. The fourth-order valence-electron chi connectivity index (χ4n) is 4.16. The molecule has 2 amide bonds. The SMILES string of the molecule is Cc1ccc(N2C(=O)c3cccnc3[C@@H]2CC(=O)N2CCC[C@H](C)C2)cc1. The van der Waals surface area contributed by atoms with Crippen molar-refractivity contribution in [3.63, 3.8) is 0 Å². The maximum atomic E-state index is 13.1. The van der Waals surface area contributed by atoms with Gasteiger partial charge in [0.05, 0.1) is 23.7 Å². The Kier molecular flexibility index (Phi) is 4.68. The molecule has 0 spiro atoms. The van der Waals surface area contributed by atoms with E-state index in [9.17, 15) is 9.59 Å². The lowest BCUT2D eigenvalue weighted by atomic mass is 9.99. The highest BCUT2D eigenvalue weighted by Gasteiger charge is 2.40. The van der Waals surface area contributed by atoms with E-state index in [0.29, 0.717) is 17.2 Å². The minimum absolute atomic E-state index is 0.0771. The van der Waals surface area contributed by atoms with E-state index in [0.717, 1.165) is 30.8 Å². The van der Waals surface area contributed by atoms with Crippen molar-refractivity contribution in [1.29, 1.82) is 0 Å². The summed E-state index contributed by atoms with van der Waals surface area (Å²) in [5.41, 5.74) is 3.26. The first-order valence-corrected chi connectivity index (χ1v) is 9.67. The second-order valence-electron chi connectivity index (χ2n) is 7.75. The molecule has 2 aromatic rings. The normalized spacial score (nSPS) is 22.1. The fourth-order valence-corrected chi connectivity index (χ4v) is 4.16. The Labute approximate surface area is 160 Å². The maximum Gasteiger partial charge on any atom is 0.260 e. The van der Waals surface area contributed by atoms with E-state index in [2.05, 4.69) is 11.9 Å². The lowest BCUT2D eigenvalue weighted by Gasteiger charge is -2.33. The summed E-state index contributed by atoms with van der Waals surface area (Å²) in [6, 6.07) is 11.1. The largest absolute Gasteiger partial charge is 0.342 e. The average Bonchev–Trinajstić information content (AvgIpc) is 2.95. The lowest BCUT2D eigenvalue weighted by molar-refractivity contribution is -0.133. The van der Waals surface area contributed by atoms with Gasteiger partial charge in [-0.2, -0.15) is 0 Å². The number of benzene rings is 1. The predicted octanol–water partition coefficient (Wildman–Crippen LogP) is 3.74. The Balaban J connectivity index is 1.65. The van der Waals surface area contributed by atoms with E-state index in [4.69, 9.17) is 0 Å². The molecule has 2 aliphatic heterocycles. The van der Waals surface area contributed by atoms with Crippen molar-refractivity contribution in [3.05, 3.63) is 59.4 Å². The van der Waals surface area contributed by atoms with Crippen LogP contribution in [0.1, 0.15) is 53.8 Å². The number of pyridine rings is 1. The second kappa shape index (κ2) is 7.14. The molecule has 0 bridgehead atoms. The number of amides is 2. The van der Waals surface area contributed by atoms with Gasteiger partial charge >= 0.3 is 0 Å². The molecular formula is C22H25N3O2. The van der Waals surface area contributed by atoms with Crippen LogP contribution >= 0.6 is 0 Å². The zero-order valence-corrected chi connectivity index (χ0v) is 15.9. The molecule has 140 valence electrons. The van der Waals surface area contributed by atoms with Gasteiger partial charge in [0.15, 0.2) is 0 Å². The number of nitrogens with zero attached hydrogens (tertiary/aromatic N) is 3. The van der Waals surface area contributed by atoms with E-state index < -0.39 is 0 Å². The number of fused-ring (bicyclic) bond motifs is 1. The number of rotatable bonds is 3. The van der Waals surface area contributed by atoms with Crippen molar-refractivity contribution in [2.75, 3.05) is 18.0 Å². The molecule has 0 N–H and O–H groups in total. The van der Waals surface area contributed by atoms with Crippen molar-refractivity contribution < 1.29 is 9.59 Å². The molecule has 27 heavy (non-hydrogen) atoms. The molecule has 3 heterocycles. The van der Waals surface area contributed by atoms with E-state index in [-0.39, 0.29) is 24.3 Å². The monoisotopic (exact) mass is 363 g/mol. The number of aromatic nitrogens is 1. The molecule has 0 unspecified atom stereocenters. The van der Waals surface area contributed by atoms with Gasteiger partial charge in [0.1, 0.15) is 0 Å². The zero-order chi connectivity index (χ0) is 19.0. The highest BCUT2D eigenvalue weighted by Crippen LogP contribution is 2.38. The number of carbonyl (C=O) groups is 2.